The van der Waals surface area contributed by atoms with Gasteiger partial charge in [-0.2, -0.15) is 13.2 Å². The van der Waals surface area contributed by atoms with Gasteiger partial charge in [-0.05, 0) is 18.6 Å². The van der Waals surface area contributed by atoms with E-state index in [1.807, 2.05) is 0 Å². The van der Waals surface area contributed by atoms with E-state index in [0.29, 0.717) is 11.3 Å². The molecule has 15 heavy (non-hydrogen) atoms. The summed E-state index contributed by atoms with van der Waals surface area (Å²) >= 11 is 0. The Labute approximate surface area is 117 Å². The monoisotopic (exact) mass is 347 g/mol. The molecule has 0 atom stereocenters. The van der Waals surface area contributed by atoms with Crippen LogP contribution in [-0.2, 0) is 17.4 Å². The summed E-state index contributed by atoms with van der Waals surface area (Å²) in [4.78, 5) is 13.6. The topological polar surface area (TPSA) is 30.0 Å². The number of alkyl halides is 3. The van der Waals surface area contributed by atoms with E-state index in [2.05, 4.69) is 4.98 Å². The normalized spacial score (nSPS) is 10.7. The predicted octanol–water partition coefficient (Wildman–Crippen LogP) is 2.06. The van der Waals surface area contributed by atoms with Crippen LogP contribution in [0.15, 0.2) is 12.3 Å². The molecule has 0 aliphatic rings. The van der Waals surface area contributed by atoms with Crippen molar-refractivity contribution in [3.63, 3.8) is 0 Å². The molecule has 1 radical (unpaired) electrons. The van der Waals surface area contributed by atoms with E-state index in [1.54, 1.807) is 6.29 Å². The maximum absolute atomic E-state index is 12.2. The summed E-state index contributed by atoms with van der Waals surface area (Å²) in [6, 6.07) is 0.972. The molecule has 0 fully saturated rings. The molecule has 0 saturated heterocycles. The molecule has 81 valence electrons. The van der Waals surface area contributed by atoms with Gasteiger partial charge in [0.15, 0.2) is 0 Å². The van der Waals surface area contributed by atoms with Crippen LogP contribution in [-0.4, -0.2) is 11.3 Å². The quantitative estimate of drug-likeness (QED) is 0.767. The molecule has 1 heterocycles. The van der Waals surface area contributed by atoms with Crippen molar-refractivity contribution in [2.75, 3.05) is 0 Å². The summed E-state index contributed by atoms with van der Waals surface area (Å²) in [7, 11) is 0. The van der Waals surface area contributed by atoms with Gasteiger partial charge in [-0.25, -0.2) is 0 Å². The second-order valence-electron chi connectivity index (χ2n) is 2.81. The average molecular weight is 347 g/mol. The number of pyridine rings is 1. The summed E-state index contributed by atoms with van der Waals surface area (Å²) in [6.45, 7) is 1.48. The van der Waals surface area contributed by atoms with Crippen LogP contribution < -0.4 is 0 Å². The summed E-state index contributed by atoms with van der Waals surface area (Å²) in [6.07, 6.45) is -2.16. The SMILES string of the molecule is Cc1cc(C(F)(F)F)cnc1C[C-]=O.[Pm]. The fourth-order valence-corrected chi connectivity index (χ4v) is 1.01. The maximum Gasteiger partial charge on any atom is 0.417 e. The zero-order valence-electron chi connectivity index (χ0n) is 7.80. The Morgan fingerprint density at radius 1 is 1.47 bits per heavy atom. The van der Waals surface area contributed by atoms with Crippen LogP contribution >= 0.6 is 0 Å². The molecule has 0 aromatic carbocycles. The van der Waals surface area contributed by atoms with Crippen molar-refractivity contribution >= 4 is 6.29 Å². The third-order valence-corrected chi connectivity index (χ3v) is 1.75. The third kappa shape index (κ3) is 4.13. The van der Waals surface area contributed by atoms with Crippen molar-refractivity contribution < 1.29 is 58.4 Å². The fraction of sp³-hybridized carbons (Fsp3) is 0.333. The van der Waals surface area contributed by atoms with Crippen molar-refractivity contribution in [1.29, 1.82) is 0 Å². The van der Waals surface area contributed by atoms with Crippen molar-refractivity contribution in [3.8, 4) is 0 Å². The van der Waals surface area contributed by atoms with E-state index in [4.69, 9.17) is 0 Å². The van der Waals surface area contributed by atoms with E-state index in [9.17, 15) is 18.0 Å². The zero-order chi connectivity index (χ0) is 10.8. The smallest absolute Gasteiger partial charge is 0.417 e. The Morgan fingerprint density at radius 2 is 2.07 bits per heavy atom. The molecule has 1 rings (SSSR count). The summed E-state index contributed by atoms with van der Waals surface area (Å²) in [5.41, 5.74) is -0.124. The Morgan fingerprint density at radius 3 is 2.47 bits per heavy atom. The van der Waals surface area contributed by atoms with Crippen LogP contribution in [0.5, 0.6) is 0 Å². The second-order valence-corrected chi connectivity index (χ2v) is 2.81. The summed E-state index contributed by atoms with van der Waals surface area (Å²) < 4.78 is 36.5. The number of nitrogens with zero attached hydrogens (tertiary/aromatic N) is 1. The van der Waals surface area contributed by atoms with Crippen LogP contribution in [0.4, 0.5) is 13.2 Å². The maximum atomic E-state index is 12.2. The first kappa shape index (κ1) is 14.9. The Hall–Kier alpha value is -0.0523. The molecule has 1 aromatic rings. The number of hydrogen-bond acceptors (Lipinski definition) is 2. The van der Waals surface area contributed by atoms with Gasteiger partial charge in [0, 0.05) is 52.3 Å². The number of aromatic nitrogens is 1. The molecule has 0 saturated carbocycles. The Balaban J connectivity index is 0.00000196. The van der Waals surface area contributed by atoms with Gasteiger partial charge >= 0.3 is 6.18 Å². The molecular formula is C9H7F3NOPm-. The van der Waals surface area contributed by atoms with Gasteiger partial charge in [0.25, 0.3) is 0 Å². The molecule has 0 spiro atoms. The molecule has 2 nitrogen and oxygen atoms in total. The minimum Gasteiger partial charge on any atom is -0.541 e. The van der Waals surface area contributed by atoms with Gasteiger partial charge in [-0.1, -0.05) is 0 Å². The van der Waals surface area contributed by atoms with Gasteiger partial charge in [0.05, 0.1) is 5.56 Å². The number of halogens is 3. The van der Waals surface area contributed by atoms with Crippen LogP contribution in [0.2, 0.25) is 0 Å². The van der Waals surface area contributed by atoms with Crippen LogP contribution in [0.25, 0.3) is 0 Å². The molecule has 1 aromatic heterocycles. The van der Waals surface area contributed by atoms with Crippen LogP contribution in [0, 0.1) is 47.3 Å². The van der Waals surface area contributed by atoms with E-state index in [0.717, 1.165) is 12.3 Å². The molecule has 0 aliphatic carbocycles. The number of aryl methyl sites for hydroxylation is 1. The Kier molecular flexibility index (Phi) is 5.86. The summed E-state index contributed by atoms with van der Waals surface area (Å²) in [5, 5.41) is 0. The van der Waals surface area contributed by atoms with E-state index < -0.39 is 11.7 Å². The standard InChI is InChI=1S/C9H7F3NO.Pm/c1-6-4-7(9(10,11)12)5-13-8(6)2-3-14;/h4-5H,2H2,1H3;/q-1;. The number of carbonyl (C=O) groups excluding carboxylic acids is 1. The predicted molar refractivity (Wildman–Crippen MR) is 43.4 cm³/mol. The molecule has 0 unspecified atom stereocenters. The molecule has 0 bridgehead atoms. The van der Waals surface area contributed by atoms with Crippen molar-refractivity contribution in [1.82, 2.24) is 4.98 Å². The van der Waals surface area contributed by atoms with Crippen LogP contribution in [0.1, 0.15) is 16.8 Å². The largest absolute Gasteiger partial charge is 0.541 e. The van der Waals surface area contributed by atoms with Gasteiger partial charge in [0.2, 0.25) is 0 Å². The second kappa shape index (κ2) is 5.88. The van der Waals surface area contributed by atoms with Gasteiger partial charge in [-0.3, -0.25) is 11.3 Å². The first-order valence-electron chi connectivity index (χ1n) is 3.83. The Bertz CT molecular complexity index is 352. The number of rotatable bonds is 2. The first-order valence-corrected chi connectivity index (χ1v) is 3.83. The van der Waals surface area contributed by atoms with E-state index >= 15 is 0 Å². The minimum atomic E-state index is -4.39. The van der Waals surface area contributed by atoms with E-state index in [1.165, 1.54) is 6.92 Å². The van der Waals surface area contributed by atoms with Gasteiger partial charge < -0.3 is 4.79 Å². The van der Waals surface area contributed by atoms with Crippen molar-refractivity contribution in [2.45, 2.75) is 19.5 Å². The third-order valence-electron chi connectivity index (χ3n) is 1.75. The summed E-state index contributed by atoms with van der Waals surface area (Å²) in [5.74, 6) is 0. The molecule has 6 heteroatoms. The molecule has 0 aliphatic heterocycles. The average Bonchev–Trinajstić information content (AvgIpc) is 2.07. The van der Waals surface area contributed by atoms with Crippen molar-refractivity contribution in [2.24, 2.45) is 0 Å². The van der Waals surface area contributed by atoms with Gasteiger partial charge in [-0.15, -0.1) is 6.42 Å². The zero-order valence-corrected chi connectivity index (χ0v) is 10.7. The first-order chi connectivity index (χ1) is 6.45. The molecule has 0 N–H and O–H groups in total. The minimum absolute atomic E-state index is 0. The fourth-order valence-electron chi connectivity index (χ4n) is 1.01. The van der Waals surface area contributed by atoms with Crippen molar-refractivity contribution in [3.05, 3.63) is 29.1 Å². The van der Waals surface area contributed by atoms with Gasteiger partial charge in [0.1, 0.15) is 0 Å². The van der Waals surface area contributed by atoms with E-state index in [-0.39, 0.29) is 46.8 Å². The molecular weight excluding hydrogens is 340 g/mol. The number of hydrogen-bond donors (Lipinski definition) is 0. The molecule has 0 amide bonds. The van der Waals surface area contributed by atoms with Crippen LogP contribution in [0.3, 0.4) is 0 Å².